The number of hydrogen-bond donors (Lipinski definition) is 0. The van der Waals surface area contributed by atoms with Crippen LogP contribution in [-0.2, 0) is 11.2 Å². The van der Waals surface area contributed by atoms with Crippen LogP contribution in [0.25, 0.3) is 0 Å². The van der Waals surface area contributed by atoms with Crippen LogP contribution in [0.1, 0.15) is 11.3 Å². The largest absolute Gasteiger partial charge is 0.492 e. The molecule has 0 aliphatic heterocycles. The van der Waals surface area contributed by atoms with Crippen molar-refractivity contribution in [2.75, 3.05) is 20.2 Å². The van der Waals surface area contributed by atoms with E-state index in [9.17, 15) is 4.79 Å². The zero-order chi connectivity index (χ0) is 15.9. The quantitative estimate of drug-likeness (QED) is 0.728. The monoisotopic (exact) mass is 357 g/mol. The summed E-state index contributed by atoms with van der Waals surface area (Å²) in [5, 5.41) is 0.636. The predicted molar refractivity (Wildman–Crippen MR) is 92.2 cm³/mol. The van der Waals surface area contributed by atoms with Gasteiger partial charge in [0.2, 0.25) is 5.91 Å². The van der Waals surface area contributed by atoms with E-state index in [1.165, 1.54) is 11.3 Å². The third kappa shape index (κ3) is 5.52. The van der Waals surface area contributed by atoms with Crippen LogP contribution >= 0.6 is 34.5 Å². The van der Waals surface area contributed by atoms with E-state index in [-0.39, 0.29) is 5.91 Å². The molecule has 2 rings (SSSR count). The number of ether oxygens (including phenoxy) is 1. The number of carbonyl (C=O) groups excluding carboxylic acids is 1. The molecule has 1 aromatic heterocycles. The van der Waals surface area contributed by atoms with Gasteiger partial charge in [-0.3, -0.25) is 4.79 Å². The van der Waals surface area contributed by atoms with Crippen LogP contribution in [0.15, 0.2) is 36.4 Å². The number of likely N-dealkylation sites (N-methyl/N-ethyl adjacent to an activating group) is 1. The molecular weight excluding hydrogens is 341 g/mol. The summed E-state index contributed by atoms with van der Waals surface area (Å²) < 4.78 is 6.34. The van der Waals surface area contributed by atoms with Crippen LogP contribution in [0.3, 0.4) is 0 Å². The van der Waals surface area contributed by atoms with Crippen LogP contribution in [0.4, 0.5) is 0 Å². The van der Waals surface area contributed by atoms with E-state index < -0.39 is 0 Å². The molecule has 22 heavy (non-hydrogen) atoms. The highest BCUT2D eigenvalue weighted by molar-refractivity contribution is 7.16. The normalized spacial score (nSPS) is 10.5. The number of halogens is 2. The van der Waals surface area contributed by atoms with Gasteiger partial charge in [-0.2, -0.15) is 0 Å². The first-order valence-corrected chi connectivity index (χ1v) is 8.48. The number of rotatable bonds is 7. The van der Waals surface area contributed by atoms with Crippen LogP contribution in [0.5, 0.6) is 5.75 Å². The maximum atomic E-state index is 12.0. The maximum Gasteiger partial charge on any atom is 0.222 e. The Kier molecular flexibility index (Phi) is 6.55. The van der Waals surface area contributed by atoms with Crippen molar-refractivity contribution in [1.29, 1.82) is 0 Å². The topological polar surface area (TPSA) is 29.5 Å². The van der Waals surface area contributed by atoms with Gasteiger partial charge in [-0.05, 0) is 36.8 Å². The highest BCUT2D eigenvalue weighted by atomic mass is 35.5. The van der Waals surface area contributed by atoms with E-state index >= 15 is 0 Å². The maximum absolute atomic E-state index is 12.0. The van der Waals surface area contributed by atoms with Gasteiger partial charge in [-0.1, -0.05) is 29.3 Å². The van der Waals surface area contributed by atoms with E-state index in [0.717, 1.165) is 15.6 Å². The van der Waals surface area contributed by atoms with Crippen molar-refractivity contribution >= 4 is 40.4 Å². The first-order chi connectivity index (χ1) is 10.5. The summed E-state index contributed by atoms with van der Waals surface area (Å²) in [6.45, 7) is 0.976. The minimum absolute atomic E-state index is 0.0965. The summed E-state index contributed by atoms with van der Waals surface area (Å²) in [7, 11) is 1.78. The van der Waals surface area contributed by atoms with E-state index in [2.05, 4.69) is 0 Å². The third-order valence-corrected chi connectivity index (χ3v) is 4.66. The molecule has 0 spiro atoms. The van der Waals surface area contributed by atoms with Crippen molar-refractivity contribution in [3.8, 4) is 5.75 Å². The Balaban J connectivity index is 1.70. The summed E-state index contributed by atoms with van der Waals surface area (Å²) in [6.07, 6.45) is 1.19. The minimum atomic E-state index is 0.0965. The Bertz CT molecular complexity index is 630. The molecule has 0 saturated heterocycles. The molecule has 1 heterocycles. The molecule has 1 amide bonds. The Morgan fingerprint density at radius 2 is 2.09 bits per heavy atom. The van der Waals surface area contributed by atoms with Crippen LogP contribution < -0.4 is 4.74 Å². The second-order valence-electron chi connectivity index (χ2n) is 4.83. The van der Waals surface area contributed by atoms with E-state index in [4.69, 9.17) is 27.9 Å². The molecule has 3 nitrogen and oxygen atoms in total. The van der Waals surface area contributed by atoms with Gasteiger partial charge in [0.1, 0.15) is 12.4 Å². The Hall–Kier alpha value is -1.23. The zero-order valence-electron chi connectivity index (χ0n) is 12.2. The first-order valence-electron chi connectivity index (χ1n) is 6.91. The fourth-order valence-electron chi connectivity index (χ4n) is 1.89. The predicted octanol–water partition coefficient (Wildman–Crippen LogP) is 4.52. The average molecular weight is 358 g/mol. The lowest BCUT2D eigenvalue weighted by molar-refractivity contribution is -0.130. The fraction of sp³-hybridized carbons (Fsp3) is 0.312. The van der Waals surface area contributed by atoms with Gasteiger partial charge >= 0.3 is 0 Å². The lowest BCUT2D eigenvalue weighted by Crippen LogP contribution is -2.30. The second kappa shape index (κ2) is 8.42. The Morgan fingerprint density at radius 1 is 1.27 bits per heavy atom. The van der Waals surface area contributed by atoms with Gasteiger partial charge in [0.05, 0.1) is 10.9 Å². The van der Waals surface area contributed by atoms with Gasteiger partial charge < -0.3 is 9.64 Å². The molecule has 118 valence electrons. The summed E-state index contributed by atoms with van der Waals surface area (Å²) in [6, 6.07) is 11.0. The lowest BCUT2D eigenvalue weighted by atomic mass is 10.2. The molecule has 0 atom stereocenters. The van der Waals surface area contributed by atoms with Crippen LogP contribution in [-0.4, -0.2) is 31.0 Å². The summed E-state index contributed by atoms with van der Waals surface area (Å²) in [4.78, 5) is 14.8. The Morgan fingerprint density at radius 3 is 2.77 bits per heavy atom. The molecule has 6 heteroatoms. The van der Waals surface area contributed by atoms with E-state index in [1.54, 1.807) is 24.1 Å². The van der Waals surface area contributed by atoms with Gasteiger partial charge in [0.25, 0.3) is 0 Å². The van der Waals surface area contributed by atoms with Crippen molar-refractivity contribution in [2.45, 2.75) is 12.8 Å². The number of carbonyl (C=O) groups is 1. The first kappa shape index (κ1) is 17.1. The number of amides is 1. The van der Waals surface area contributed by atoms with Gasteiger partial charge in [-0.25, -0.2) is 0 Å². The van der Waals surface area contributed by atoms with Crippen LogP contribution in [0.2, 0.25) is 9.36 Å². The van der Waals surface area contributed by atoms with Crippen molar-refractivity contribution in [2.24, 2.45) is 0 Å². The van der Waals surface area contributed by atoms with Crippen molar-refractivity contribution in [3.63, 3.8) is 0 Å². The number of thiophene rings is 1. The SMILES string of the molecule is CN(CCOc1cccc(Cl)c1)C(=O)CCc1ccc(Cl)s1. The van der Waals surface area contributed by atoms with Crippen molar-refractivity contribution in [1.82, 2.24) is 4.90 Å². The number of aryl methyl sites for hydroxylation is 1. The Labute approximate surface area is 144 Å². The molecule has 0 aliphatic carbocycles. The van der Waals surface area contributed by atoms with Gasteiger partial charge in [0, 0.05) is 23.4 Å². The molecule has 1 aromatic carbocycles. The standard InChI is InChI=1S/C16H17Cl2NO2S/c1-19(9-10-21-13-4-2-3-12(17)11-13)16(20)8-6-14-5-7-15(18)22-14/h2-5,7,11H,6,8-10H2,1H3. The highest BCUT2D eigenvalue weighted by Gasteiger charge is 2.10. The second-order valence-corrected chi connectivity index (χ2v) is 7.06. The van der Waals surface area contributed by atoms with E-state index in [1.807, 2.05) is 24.3 Å². The van der Waals surface area contributed by atoms with Gasteiger partial charge in [-0.15, -0.1) is 11.3 Å². The lowest BCUT2D eigenvalue weighted by Gasteiger charge is -2.17. The summed E-state index contributed by atoms with van der Waals surface area (Å²) >= 11 is 13.3. The highest BCUT2D eigenvalue weighted by Crippen LogP contribution is 2.22. The molecule has 0 saturated carbocycles. The molecule has 2 aromatic rings. The molecule has 0 radical (unpaired) electrons. The minimum Gasteiger partial charge on any atom is -0.492 e. The summed E-state index contributed by atoms with van der Waals surface area (Å²) in [5.41, 5.74) is 0. The van der Waals surface area contributed by atoms with Crippen LogP contribution in [0, 0.1) is 0 Å². The number of benzene rings is 1. The van der Waals surface area contributed by atoms with Gasteiger partial charge in [0.15, 0.2) is 0 Å². The zero-order valence-corrected chi connectivity index (χ0v) is 14.5. The molecule has 0 fully saturated rings. The molecular formula is C16H17Cl2NO2S. The third-order valence-electron chi connectivity index (χ3n) is 3.13. The molecule has 0 N–H and O–H groups in total. The molecule has 0 aliphatic rings. The van der Waals surface area contributed by atoms with E-state index in [0.29, 0.717) is 30.3 Å². The molecule has 0 bridgehead atoms. The smallest absolute Gasteiger partial charge is 0.222 e. The van der Waals surface area contributed by atoms with Crippen molar-refractivity contribution < 1.29 is 9.53 Å². The number of hydrogen-bond acceptors (Lipinski definition) is 3. The number of nitrogens with zero attached hydrogens (tertiary/aromatic N) is 1. The van der Waals surface area contributed by atoms with Crippen molar-refractivity contribution in [3.05, 3.63) is 50.6 Å². The fourth-order valence-corrected chi connectivity index (χ4v) is 3.16. The average Bonchev–Trinajstić information content (AvgIpc) is 2.90. The summed E-state index contributed by atoms with van der Waals surface area (Å²) in [5.74, 6) is 0.806. The molecule has 0 unspecified atom stereocenters.